The summed E-state index contributed by atoms with van der Waals surface area (Å²) < 4.78 is 0. The molecular weight excluding hydrogens is 208 g/mol. The van der Waals surface area contributed by atoms with Gasteiger partial charge in [0.05, 0.1) is 0 Å². The lowest BCUT2D eigenvalue weighted by molar-refractivity contribution is -0.120. The third-order valence-electron chi connectivity index (χ3n) is 1.06. The average molecular weight is 218 g/mol. The third-order valence-corrected chi connectivity index (χ3v) is 1.06. The maximum absolute atomic E-state index is 10.7. The number of urea groups is 3. The van der Waals surface area contributed by atoms with E-state index in [0.29, 0.717) is 0 Å². The Hall–Kier alpha value is -2.52. The SMILES string of the molecule is NC(=O)NC1NC(=O)NC1=O.NC(N)=O. The van der Waals surface area contributed by atoms with Gasteiger partial charge in [-0.25, -0.2) is 14.4 Å². The van der Waals surface area contributed by atoms with Crippen LogP contribution in [0.4, 0.5) is 14.4 Å². The minimum atomic E-state index is -1.04. The largest absolute Gasteiger partial charge is 0.352 e. The minimum Gasteiger partial charge on any atom is -0.352 e. The molecule has 1 atom stereocenters. The quantitative estimate of drug-likeness (QED) is 0.254. The summed E-state index contributed by atoms with van der Waals surface area (Å²) >= 11 is 0. The van der Waals surface area contributed by atoms with Gasteiger partial charge in [0.25, 0.3) is 5.91 Å². The Morgan fingerprint density at radius 3 is 1.93 bits per heavy atom. The molecule has 0 aromatic rings. The number of amides is 7. The molecule has 1 aliphatic heterocycles. The number of rotatable bonds is 1. The first-order valence-electron chi connectivity index (χ1n) is 3.55. The Labute approximate surface area is 83.5 Å². The highest BCUT2D eigenvalue weighted by atomic mass is 16.2. The van der Waals surface area contributed by atoms with Crippen molar-refractivity contribution in [1.82, 2.24) is 16.0 Å². The molecule has 0 aliphatic carbocycles. The number of hydrogen-bond donors (Lipinski definition) is 6. The fourth-order valence-electron chi connectivity index (χ4n) is 0.661. The van der Waals surface area contributed by atoms with E-state index in [-0.39, 0.29) is 0 Å². The van der Waals surface area contributed by atoms with Gasteiger partial charge in [-0.15, -0.1) is 0 Å². The van der Waals surface area contributed by atoms with Gasteiger partial charge in [0.15, 0.2) is 6.17 Å². The maximum atomic E-state index is 10.7. The number of hydrogen-bond acceptors (Lipinski definition) is 4. The van der Waals surface area contributed by atoms with Crippen LogP contribution in [0.15, 0.2) is 0 Å². The first-order valence-corrected chi connectivity index (χ1v) is 3.55. The fourth-order valence-corrected chi connectivity index (χ4v) is 0.661. The van der Waals surface area contributed by atoms with Crippen molar-refractivity contribution >= 4 is 24.0 Å². The number of imide groups is 1. The summed E-state index contributed by atoms with van der Waals surface area (Å²) in [5.41, 5.74) is 13.2. The monoisotopic (exact) mass is 218 g/mol. The number of carbonyl (C=O) groups excluding carboxylic acids is 4. The van der Waals surface area contributed by atoms with E-state index >= 15 is 0 Å². The molecule has 0 saturated carbocycles. The second kappa shape index (κ2) is 5.26. The summed E-state index contributed by atoms with van der Waals surface area (Å²) in [6.07, 6.45) is -1.04. The molecule has 84 valence electrons. The molecule has 0 bridgehead atoms. The molecule has 1 rings (SSSR count). The molecule has 0 aromatic carbocycles. The fraction of sp³-hybridized carbons (Fsp3) is 0.200. The van der Waals surface area contributed by atoms with E-state index in [9.17, 15) is 14.4 Å². The molecule has 1 fully saturated rings. The molecule has 0 radical (unpaired) electrons. The molecule has 10 heteroatoms. The van der Waals surface area contributed by atoms with Crippen molar-refractivity contribution in [3.63, 3.8) is 0 Å². The molecule has 1 saturated heterocycles. The Morgan fingerprint density at radius 2 is 1.67 bits per heavy atom. The topological polar surface area (TPSA) is 182 Å². The second-order valence-electron chi connectivity index (χ2n) is 2.31. The van der Waals surface area contributed by atoms with E-state index in [4.69, 9.17) is 10.5 Å². The summed E-state index contributed by atoms with van der Waals surface area (Å²) in [6.45, 7) is 0. The molecule has 9 N–H and O–H groups in total. The standard InChI is InChI=1S/C4H6N4O3.CH4N2O/c5-3(10)6-1-2(9)8-4(11)7-1;2-1(3)4/h1H,(H3,5,6,10)(H2,7,8,9,11);(H4,2,3,4). The predicted octanol–water partition coefficient (Wildman–Crippen LogP) is -3.16. The zero-order valence-corrected chi connectivity index (χ0v) is 7.44. The highest BCUT2D eigenvalue weighted by Gasteiger charge is 2.29. The third kappa shape index (κ3) is 5.68. The molecule has 1 unspecified atom stereocenters. The molecule has 10 nitrogen and oxygen atoms in total. The van der Waals surface area contributed by atoms with E-state index in [1.165, 1.54) is 0 Å². The van der Waals surface area contributed by atoms with Crippen LogP contribution in [-0.4, -0.2) is 30.2 Å². The van der Waals surface area contributed by atoms with Crippen molar-refractivity contribution in [3.05, 3.63) is 0 Å². The number of nitrogens with one attached hydrogen (secondary N) is 3. The van der Waals surface area contributed by atoms with Crippen molar-refractivity contribution < 1.29 is 19.2 Å². The van der Waals surface area contributed by atoms with E-state index < -0.39 is 30.2 Å². The second-order valence-corrected chi connectivity index (χ2v) is 2.31. The van der Waals surface area contributed by atoms with Gasteiger partial charge in [0.1, 0.15) is 0 Å². The molecule has 0 aromatic heterocycles. The zero-order valence-electron chi connectivity index (χ0n) is 7.44. The van der Waals surface area contributed by atoms with Gasteiger partial charge < -0.3 is 27.8 Å². The van der Waals surface area contributed by atoms with Crippen LogP contribution in [0.3, 0.4) is 0 Å². The maximum Gasteiger partial charge on any atom is 0.323 e. The molecule has 7 amide bonds. The lowest BCUT2D eigenvalue weighted by Gasteiger charge is -2.05. The van der Waals surface area contributed by atoms with Gasteiger partial charge in [0.2, 0.25) is 0 Å². The van der Waals surface area contributed by atoms with Crippen LogP contribution in [0, 0.1) is 0 Å². The van der Waals surface area contributed by atoms with Crippen LogP contribution < -0.4 is 33.2 Å². The summed E-state index contributed by atoms with van der Waals surface area (Å²) in [5, 5.41) is 6.05. The predicted molar refractivity (Wildman–Crippen MR) is 47.0 cm³/mol. The van der Waals surface area contributed by atoms with E-state index in [0.717, 1.165) is 0 Å². The number of primary amides is 3. The van der Waals surface area contributed by atoms with Gasteiger partial charge in [-0.1, -0.05) is 0 Å². The van der Waals surface area contributed by atoms with Crippen molar-refractivity contribution in [1.29, 1.82) is 0 Å². The highest BCUT2D eigenvalue weighted by Crippen LogP contribution is 1.86. The number of nitrogens with two attached hydrogens (primary N) is 3. The first kappa shape index (κ1) is 12.5. The van der Waals surface area contributed by atoms with Crippen LogP contribution >= 0.6 is 0 Å². The first-order chi connectivity index (χ1) is 6.82. The lowest BCUT2D eigenvalue weighted by Crippen LogP contribution is -2.48. The van der Waals surface area contributed by atoms with Crippen LogP contribution in [0.25, 0.3) is 0 Å². The van der Waals surface area contributed by atoms with Crippen LogP contribution in [0.2, 0.25) is 0 Å². The van der Waals surface area contributed by atoms with Crippen molar-refractivity contribution in [2.24, 2.45) is 17.2 Å². The van der Waals surface area contributed by atoms with Crippen molar-refractivity contribution in [2.75, 3.05) is 0 Å². The Bertz CT molecular complexity index is 298. The Balaban J connectivity index is 0.000000423. The molecule has 1 aliphatic rings. The Kier molecular flexibility index (Phi) is 4.38. The Morgan fingerprint density at radius 1 is 1.20 bits per heavy atom. The molecule has 1 heterocycles. The van der Waals surface area contributed by atoms with Gasteiger partial charge in [0, 0.05) is 0 Å². The van der Waals surface area contributed by atoms with Gasteiger partial charge in [-0.05, 0) is 0 Å². The van der Waals surface area contributed by atoms with Crippen LogP contribution in [-0.2, 0) is 4.79 Å². The summed E-state index contributed by atoms with van der Waals surface area (Å²) in [6, 6.07) is -2.35. The summed E-state index contributed by atoms with van der Waals surface area (Å²) in [5.74, 6) is -0.617. The summed E-state index contributed by atoms with van der Waals surface area (Å²) in [7, 11) is 0. The summed E-state index contributed by atoms with van der Waals surface area (Å²) in [4.78, 5) is 40.3. The van der Waals surface area contributed by atoms with Gasteiger partial charge in [-0.2, -0.15) is 0 Å². The molecule has 15 heavy (non-hydrogen) atoms. The number of carbonyl (C=O) groups is 4. The van der Waals surface area contributed by atoms with Crippen LogP contribution in [0.5, 0.6) is 0 Å². The van der Waals surface area contributed by atoms with Gasteiger partial charge in [-0.3, -0.25) is 10.1 Å². The van der Waals surface area contributed by atoms with Crippen molar-refractivity contribution in [3.8, 4) is 0 Å². The molecule has 0 spiro atoms. The van der Waals surface area contributed by atoms with E-state index in [2.05, 4.69) is 16.8 Å². The van der Waals surface area contributed by atoms with Crippen molar-refractivity contribution in [2.45, 2.75) is 6.17 Å². The smallest absolute Gasteiger partial charge is 0.323 e. The van der Waals surface area contributed by atoms with Gasteiger partial charge >= 0.3 is 18.1 Å². The minimum absolute atomic E-state index is 0.617. The normalized spacial score (nSPS) is 18.0. The highest BCUT2D eigenvalue weighted by molar-refractivity contribution is 6.05. The van der Waals surface area contributed by atoms with E-state index in [1.807, 2.05) is 10.6 Å². The lowest BCUT2D eigenvalue weighted by atomic mass is 10.5. The molecular formula is C5H10N6O4. The zero-order chi connectivity index (χ0) is 12.0. The van der Waals surface area contributed by atoms with E-state index in [1.54, 1.807) is 0 Å². The average Bonchev–Trinajstić information content (AvgIpc) is 2.27. The van der Waals surface area contributed by atoms with Crippen LogP contribution in [0.1, 0.15) is 0 Å².